The summed E-state index contributed by atoms with van der Waals surface area (Å²) >= 11 is 0. The molecule has 0 aliphatic rings. The van der Waals surface area contributed by atoms with Crippen molar-refractivity contribution >= 4 is 11.9 Å². The van der Waals surface area contributed by atoms with Crippen LogP contribution < -0.4 is 0 Å². The molecule has 0 aliphatic heterocycles. The van der Waals surface area contributed by atoms with Gasteiger partial charge in [-0.2, -0.15) is 5.26 Å². The maximum absolute atomic E-state index is 12.6. The minimum atomic E-state index is -1.09. The third-order valence-corrected chi connectivity index (χ3v) is 5.12. The summed E-state index contributed by atoms with van der Waals surface area (Å²) < 4.78 is 10.3. The van der Waals surface area contributed by atoms with Crippen LogP contribution in [0.25, 0.3) is 0 Å². The highest BCUT2D eigenvalue weighted by molar-refractivity contribution is 5.95. The SMILES string of the molecule is CCOC(=O)C(C[C@H](c1ccccc1)[C@@H](C#N)N(C)Cc1ccccc1)C(=O)OCC. The summed E-state index contributed by atoms with van der Waals surface area (Å²) in [5, 5.41) is 10.1. The van der Waals surface area contributed by atoms with Crippen molar-refractivity contribution < 1.29 is 19.1 Å². The fraction of sp³-hybridized carbons (Fsp3) is 0.400. The quantitative estimate of drug-likeness (QED) is 0.403. The molecule has 0 N–H and O–H groups in total. The fourth-order valence-corrected chi connectivity index (χ4v) is 3.64. The molecule has 2 atom stereocenters. The molecule has 2 rings (SSSR count). The zero-order valence-corrected chi connectivity index (χ0v) is 18.4. The minimum absolute atomic E-state index is 0.124. The molecule has 2 aromatic rings. The van der Waals surface area contributed by atoms with Gasteiger partial charge in [-0.15, -0.1) is 0 Å². The molecule has 6 nitrogen and oxygen atoms in total. The van der Waals surface area contributed by atoms with Gasteiger partial charge in [-0.05, 0) is 38.4 Å². The molecule has 0 fully saturated rings. The first-order chi connectivity index (χ1) is 15.0. The Balaban J connectivity index is 2.37. The smallest absolute Gasteiger partial charge is 0.320 e. The molecule has 0 bridgehead atoms. The molecule has 0 amide bonds. The zero-order chi connectivity index (χ0) is 22.6. The Morgan fingerprint density at radius 2 is 1.45 bits per heavy atom. The van der Waals surface area contributed by atoms with Gasteiger partial charge >= 0.3 is 11.9 Å². The highest BCUT2D eigenvalue weighted by atomic mass is 16.6. The summed E-state index contributed by atoms with van der Waals surface area (Å²) in [4.78, 5) is 27.1. The average Bonchev–Trinajstić information content (AvgIpc) is 2.78. The van der Waals surface area contributed by atoms with E-state index in [0.29, 0.717) is 6.54 Å². The van der Waals surface area contributed by atoms with Crippen LogP contribution in [0.5, 0.6) is 0 Å². The molecule has 0 unspecified atom stereocenters. The van der Waals surface area contributed by atoms with Crippen LogP contribution in [0.2, 0.25) is 0 Å². The normalized spacial score (nSPS) is 12.8. The Kier molecular flexibility index (Phi) is 9.73. The molecule has 6 heteroatoms. The highest BCUT2D eigenvalue weighted by Gasteiger charge is 2.37. The molecule has 0 saturated carbocycles. The lowest BCUT2D eigenvalue weighted by Gasteiger charge is -2.31. The second-order valence-corrected chi connectivity index (χ2v) is 7.28. The van der Waals surface area contributed by atoms with Crippen LogP contribution in [0.15, 0.2) is 60.7 Å². The summed E-state index contributed by atoms with van der Waals surface area (Å²) in [6, 6.07) is 21.2. The number of carbonyl (C=O) groups is 2. The van der Waals surface area contributed by atoms with Gasteiger partial charge in [0.1, 0.15) is 6.04 Å². The number of rotatable bonds is 11. The van der Waals surface area contributed by atoms with E-state index in [2.05, 4.69) is 6.07 Å². The lowest BCUT2D eigenvalue weighted by Crippen LogP contribution is -2.39. The summed E-state index contributed by atoms with van der Waals surface area (Å²) in [5.41, 5.74) is 1.96. The molecule has 0 saturated heterocycles. The van der Waals surface area contributed by atoms with E-state index in [0.717, 1.165) is 11.1 Å². The van der Waals surface area contributed by atoms with Crippen LogP contribution in [-0.4, -0.2) is 43.1 Å². The molecule has 0 aliphatic carbocycles. The van der Waals surface area contributed by atoms with Crippen molar-refractivity contribution in [2.24, 2.45) is 5.92 Å². The Morgan fingerprint density at radius 3 is 1.94 bits per heavy atom. The predicted octanol–water partition coefficient (Wildman–Crippen LogP) is 3.93. The van der Waals surface area contributed by atoms with Gasteiger partial charge in [0, 0.05) is 12.5 Å². The number of carbonyl (C=O) groups excluding carboxylic acids is 2. The standard InChI is InChI=1S/C25H30N2O4/c1-4-30-24(28)22(25(29)31-5-2)16-21(20-14-10-7-11-15-20)23(17-26)27(3)18-19-12-8-6-9-13-19/h6-15,21-23H,4-5,16,18H2,1-3H3/t21-,23-/m1/s1. The van der Waals surface area contributed by atoms with Gasteiger partial charge in [0.05, 0.1) is 19.3 Å². The minimum Gasteiger partial charge on any atom is -0.465 e. The number of hydrogen-bond donors (Lipinski definition) is 0. The maximum atomic E-state index is 12.6. The number of esters is 2. The van der Waals surface area contributed by atoms with Gasteiger partial charge in [0.25, 0.3) is 0 Å². The van der Waals surface area contributed by atoms with Gasteiger partial charge in [0.2, 0.25) is 0 Å². The summed E-state index contributed by atoms with van der Waals surface area (Å²) in [7, 11) is 1.88. The van der Waals surface area contributed by atoms with Gasteiger partial charge < -0.3 is 9.47 Å². The number of benzene rings is 2. The number of likely N-dealkylation sites (N-methyl/N-ethyl adjacent to an activating group) is 1. The van der Waals surface area contributed by atoms with Gasteiger partial charge in [0.15, 0.2) is 5.92 Å². The van der Waals surface area contributed by atoms with Gasteiger partial charge in [-0.25, -0.2) is 0 Å². The van der Waals surface area contributed by atoms with E-state index in [9.17, 15) is 14.9 Å². The number of hydrogen-bond acceptors (Lipinski definition) is 6. The lowest BCUT2D eigenvalue weighted by atomic mass is 9.83. The highest BCUT2D eigenvalue weighted by Crippen LogP contribution is 2.31. The predicted molar refractivity (Wildman–Crippen MR) is 118 cm³/mol. The summed E-state index contributed by atoms with van der Waals surface area (Å²) in [6.45, 7) is 4.29. The zero-order valence-electron chi connectivity index (χ0n) is 18.4. The van der Waals surface area contributed by atoms with Gasteiger partial charge in [-0.1, -0.05) is 60.7 Å². The van der Waals surface area contributed by atoms with E-state index in [1.54, 1.807) is 13.8 Å². The van der Waals surface area contributed by atoms with Crippen LogP contribution in [0, 0.1) is 17.2 Å². The maximum Gasteiger partial charge on any atom is 0.320 e. The summed E-state index contributed by atoms with van der Waals surface area (Å²) in [6.07, 6.45) is 0.124. The topological polar surface area (TPSA) is 79.6 Å². The average molecular weight is 423 g/mol. The Hall–Kier alpha value is -3.17. The monoisotopic (exact) mass is 422 g/mol. The van der Waals surface area contributed by atoms with E-state index in [1.807, 2.05) is 72.6 Å². The van der Waals surface area contributed by atoms with Crippen molar-refractivity contribution in [1.29, 1.82) is 5.26 Å². The van der Waals surface area contributed by atoms with Crippen molar-refractivity contribution in [3.05, 3.63) is 71.8 Å². The molecule has 0 spiro atoms. The molecule has 164 valence electrons. The van der Waals surface area contributed by atoms with Crippen LogP contribution in [-0.2, 0) is 25.6 Å². The fourth-order valence-electron chi connectivity index (χ4n) is 3.64. The van der Waals surface area contributed by atoms with Crippen LogP contribution in [0.1, 0.15) is 37.3 Å². The molecule has 0 radical (unpaired) electrons. The van der Waals surface area contributed by atoms with E-state index < -0.39 is 29.8 Å². The Bertz CT molecular complexity index is 846. The number of ether oxygens (including phenoxy) is 2. The van der Waals surface area contributed by atoms with E-state index in [-0.39, 0.29) is 19.6 Å². The van der Waals surface area contributed by atoms with Crippen LogP contribution in [0.4, 0.5) is 0 Å². The van der Waals surface area contributed by atoms with Crippen LogP contribution in [0.3, 0.4) is 0 Å². The van der Waals surface area contributed by atoms with E-state index >= 15 is 0 Å². The van der Waals surface area contributed by atoms with E-state index in [1.165, 1.54) is 0 Å². The second-order valence-electron chi connectivity index (χ2n) is 7.28. The van der Waals surface area contributed by atoms with Crippen molar-refractivity contribution in [3.63, 3.8) is 0 Å². The molecule has 2 aromatic carbocycles. The third-order valence-electron chi connectivity index (χ3n) is 5.12. The van der Waals surface area contributed by atoms with Crippen molar-refractivity contribution in [2.45, 2.75) is 38.8 Å². The molecule has 0 heterocycles. The molecular weight excluding hydrogens is 392 g/mol. The van der Waals surface area contributed by atoms with Crippen molar-refractivity contribution in [3.8, 4) is 6.07 Å². The van der Waals surface area contributed by atoms with Crippen molar-refractivity contribution in [1.82, 2.24) is 4.90 Å². The Labute approximate surface area is 184 Å². The first-order valence-electron chi connectivity index (χ1n) is 10.5. The van der Waals surface area contributed by atoms with Crippen molar-refractivity contribution in [2.75, 3.05) is 20.3 Å². The number of nitrogens with zero attached hydrogens (tertiary/aromatic N) is 2. The van der Waals surface area contributed by atoms with Crippen LogP contribution >= 0.6 is 0 Å². The lowest BCUT2D eigenvalue weighted by molar-refractivity contribution is -0.162. The second kappa shape index (κ2) is 12.5. The number of nitriles is 1. The Morgan fingerprint density at radius 1 is 0.935 bits per heavy atom. The molecular formula is C25H30N2O4. The largest absolute Gasteiger partial charge is 0.465 e. The van der Waals surface area contributed by atoms with Gasteiger partial charge in [-0.3, -0.25) is 14.5 Å². The third kappa shape index (κ3) is 6.94. The van der Waals surface area contributed by atoms with E-state index in [4.69, 9.17) is 9.47 Å². The first-order valence-corrected chi connectivity index (χ1v) is 10.5. The summed E-state index contributed by atoms with van der Waals surface area (Å²) in [5.74, 6) is -2.72. The molecule has 0 aromatic heterocycles. The molecule has 31 heavy (non-hydrogen) atoms. The first kappa shape index (κ1) is 24.1.